The summed E-state index contributed by atoms with van der Waals surface area (Å²) in [7, 11) is 1.58. The molecule has 0 saturated carbocycles. The van der Waals surface area contributed by atoms with Crippen LogP contribution in [-0.2, 0) is 11.4 Å². The number of carbonyl (C=O) groups excluding carboxylic acids is 1. The van der Waals surface area contributed by atoms with Crippen molar-refractivity contribution < 1.29 is 14.3 Å². The van der Waals surface area contributed by atoms with Crippen molar-refractivity contribution in [2.24, 2.45) is 0 Å². The van der Waals surface area contributed by atoms with Gasteiger partial charge in [0.15, 0.2) is 11.5 Å². The fraction of sp³-hybridized carbons (Fsp3) is 0.0833. The largest absolute Gasteiger partial charge is 0.493 e. The maximum absolute atomic E-state index is 12.3. The summed E-state index contributed by atoms with van der Waals surface area (Å²) in [5.41, 5.74) is 3.39. The summed E-state index contributed by atoms with van der Waals surface area (Å²) in [4.78, 5) is 12.8. The van der Waals surface area contributed by atoms with Gasteiger partial charge in [-0.3, -0.25) is 4.79 Å². The van der Waals surface area contributed by atoms with Gasteiger partial charge in [-0.2, -0.15) is 0 Å². The molecule has 4 rings (SSSR count). The van der Waals surface area contributed by atoms with E-state index < -0.39 is 0 Å². The van der Waals surface area contributed by atoms with Crippen LogP contribution in [0.5, 0.6) is 11.5 Å². The van der Waals surface area contributed by atoms with Crippen molar-refractivity contribution in [2.45, 2.75) is 6.61 Å². The molecule has 0 unspecified atom stereocenters. The van der Waals surface area contributed by atoms with E-state index in [4.69, 9.17) is 44.9 Å². The van der Waals surface area contributed by atoms with Crippen LogP contribution >= 0.6 is 47.2 Å². The van der Waals surface area contributed by atoms with E-state index in [9.17, 15) is 4.79 Å². The molecule has 0 radical (unpaired) electrons. The number of methoxy groups -OCH3 is 1. The van der Waals surface area contributed by atoms with Crippen LogP contribution in [0.1, 0.15) is 11.1 Å². The van der Waals surface area contributed by atoms with Crippen LogP contribution in [0, 0.1) is 0 Å². The number of rotatable bonds is 6. The molecule has 0 aliphatic carbocycles. The minimum absolute atomic E-state index is 0.243. The van der Waals surface area contributed by atoms with Crippen molar-refractivity contribution in [3.05, 3.63) is 86.7 Å². The van der Waals surface area contributed by atoms with Crippen LogP contribution in [0.3, 0.4) is 0 Å². The summed E-state index contributed by atoms with van der Waals surface area (Å²) < 4.78 is 12.2. The lowest BCUT2D eigenvalue weighted by molar-refractivity contribution is -0.115. The third-order valence-corrected chi connectivity index (χ3v) is 6.61. The Balaban J connectivity index is 1.81. The van der Waals surface area contributed by atoms with Gasteiger partial charge >= 0.3 is 0 Å². The molecule has 8 heteroatoms. The molecule has 1 saturated heterocycles. The van der Waals surface area contributed by atoms with Crippen LogP contribution < -0.4 is 14.8 Å². The highest BCUT2D eigenvalue weighted by Gasteiger charge is 2.24. The Morgan fingerprint density at radius 3 is 2.47 bits per heavy atom. The Hall–Kier alpha value is -2.51. The molecule has 0 bridgehead atoms. The van der Waals surface area contributed by atoms with E-state index in [1.165, 1.54) is 11.8 Å². The molecule has 1 aliphatic rings. The highest BCUT2D eigenvalue weighted by molar-refractivity contribution is 8.26. The van der Waals surface area contributed by atoms with E-state index >= 15 is 0 Å². The third-order valence-electron chi connectivity index (χ3n) is 4.71. The number of benzene rings is 3. The summed E-state index contributed by atoms with van der Waals surface area (Å²) in [6.07, 6.45) is 1.75. The molecule has 4 nitrogen and oxygen atoms in total. The first kappa shape index (κ1) is 22.7. The number of amides is 1. The quantitative estimate of drug-likeness (QED) is 0.299. The van der Waals surface area contributed by atoms with Gasteiger partial charge in [0, 0.05) is 5.56 Å². The second kappa shape index (κ2) is 9.96. The zero-order valence-corrected chi connectivity index (χ0v) is 20.0. The number of carbonyl (C=O) groups is 1. The standard InChI is InChI=1S/C24H17Cl2NO3S2/c1-29-20-11-16(15-7-8-18(25)19(26)10-15)9-17(12-21-23(28)27-24(31)32-21)22(20)30-13-14-5-3-2-4-6-14/h2-12H,13H2,1H3,(H,27,28,31). The molecule has 1 fully saturated rings. The van der Waals surface area contributed by atoms with Gasteiger partial charge in [0.1, 0.15) is 10.9 Å². The average Bonchev–Trinajstić information content (AvgIpc) is 3.11. The van der Waals surface area contributed by atoms with E-state index in [1.807, 2.05) is 48.5 Å². The summed E-state index contributed by atoms with van der Waals surface area (Å²) >= 11 is 18.6. The molecular formula is C24H17Cl2NO3S2. The summed E-state index contributed by atoms with van der Waals surface area (Å²) in [6, 6.07) is 19.0. The molecular weight excluding hydrogens is 485 g/mol. The number of halogens is 2. The van der Waals surface area contributed by atoms with E-state index in [0.717, 1.165) is 16.7 Å². The van der Waals surface area contributed by atoms with Gasteiger partial charge in [-0.15, -0.1) is 0 Å². The van der Waals surface area contributed by atoms with E-state index in [2.05, 4.69) is 5.32 Å². The van der Waals surface area contributed by atoms with Crippen molar-refractivity contribution in [3.63, 3.8) is 0 Å². The molecule has 1 amide bonds. The molecule has 0 aromatic heterocycles. The summed E-state index contributed by atoms with van der Waals surface area (Å²) in [5, 5.41) is 3.56. The van der Waals surface area contributed by atoms with E-state index in [1.54, 1.807) is 25.3 Å². The zero-order valence-electron chi connectivity index (χ0n) is 16.9. The molecule has 162 valence electrons. The average molecular weight is 502 g/mol. The molecule has 1 N–H and O–H groups in total. The Bertz CT molecular complexity index is 1230. The lowest BCUT2D eigenvalue weighted by atomic mass is 10.0. The van der Waals surface area contributed by atoms with Crippen LogP contribution in [-0.4, -0.2) is 17.3 Å². The SMILES string of the molecule is COc1cc(-c2ccc(Cl)c(Cl)c2)cc(C=C2SC(=S)NC2=O)c1OCc1ccccc1. The first-order chi connectivity index (χ1) is 15.4. The van der Waals surface area contributed by atoms with Gasteiger partial charge in [-0.05, 0) is 47.0 Å². The minimum Gasteiger partial charge on any atom is -0.493 e. The van der Waals surface area contributed by atoms with Gasteiger partial charge < -0.3 is 14.8 Å². The van der Waals surface area contributed by atoms with Crippen LogP contribution in [0.4, 0.5) is 0 Å². The lowest BCUT2D eigenvalue weighted by Crippen LogP contribution is -2.17. The molecule has 1 heterocycles. The third kappa shape index (κ3) is 5.10. The smallest absolute Gasteiger partial charge is 0.263 e. The molecule has 3 aromatic carbocycles. The van der Waals surface area contributed by atoms with Crippen LogP contribution in [0.2, 0.25) is 10.0 Å². The van der Waals surface area contributed by atoms with Crippen molar-refractivity contribution in [3.8, 4) is 22.6 Å². The van der Waals surface area contributed by atoms with Crippen molar-refractivity contribution in [1.82, 2.24) is 5.32 Å². The number of hydrogen-bond donors (Lipinski definition) is 1. The predicted molar refractivity (Wildman–Crippen MR) is 136 cm³/mol. The highest BCUT2D eigenvalue weighted by Crippen LogP contribution is 2.40. The Labute approximate surface area is 205 Å². The molecule has 0 atom stereocenters. The second-order valence-electron chi connectivity index (χ2n) is 6.85. The number of ether oxygens (including phenoxy) is 2. The van der Waals surface area contributed by atoms with Gasteiger partial charge in [0.05, 0.1) is 22.1 Å². The number of thioether (sulfide) groups is 1. The Morgan fingerprint density at radius 2 is 1.81 bits per heavy atom. The lowest BCUT2D eigenvalue weighted by Gasteiger charge is -2.16. The molecule has 0 spiro atoms. The maximum atomic E-state index is 12.3. The Morgan fingerprint density at radius 1 is 1.03 bits per heavy atom. The maximum Gasteiger partial charge on any atom is 0.263 e. The molecule has 1 aliphatic heterocycles. The van der Waals surface area contributed by atoms with Crippen LogP contribution in [0.25, 0.3) is 17.2 Å². The number of nitrogens with one attached hydrogen (secondary N) is 1. The number of hydrogen-bond acceptors (Lipinski definition) is 5. The molecule has 32 heavy (non-hydrogen) atoms. The zero-order chi connectivity index (χ0) is 22.7. The van der Waals surface area contributed by atoms with Crippen molar-refractivity contribution in [2.75, 3.05) is 7.11 Å². The topological polar surface area (TPSA) is 47.6 Å². The predicted octanol–water partition coefficient (Wildman–Crippen LogP) is 6.74. The van der Waals surface area contributed by atoms with Crippen molar-refractivity contribution >= 4 is 63.5 Å². The highest BCUT2D eigenvalue weighted by atomic mass is 35.5. The van der Waals surface area contributed by atoms with Crippen molar-refractivity contribution in [1.29, 1.82) is 0 Å². The molecule has 3 aromatic rings. The normalized spacial score (nSPS) is 14.5. The van der Waals surface area contributed by atoms with Gasteiger partial charge in [-0.25, -0.2) is 0 Å². The van der Waals surface area contributed by atoms with E-state index in [-0.39, 0.29) is 5.91 Å². The van der Waals surface area contributed by atoms with Gasteiger partial charge in [0.25, 0.3) is 5.91 Å². The Kier molecular flexibility index (Phi) is 7.06. The number of thiocarbonyl (C=S) groups is 1. The van der Waals surface area contributed by atoms with E-state index in [0.29, 0.717) is 42.9 Å². The van der Waals surface area contributed by atoms with Crippen LogP contribution in [0.15, 0.2) is 65.6 Å². The second-order valence-corrected chi connectivity index (χ2v) is 9.39. The minimum atomic E-state index is -0.243. The van der Waals surface area contributed by atoms with Gasteiger partial charge in [-0.1, -0.05) is 83.6 Å². The summed E-state index contributed by atoms with van der Waals surface area (Å²) in [5.74, 6) is 0.814. The first-order valence-electron chi connectivity index (χ1n) is 9.53. The monoisotopic (exact) mass is 501 g/mol. The fourth-order valence-corrected chi connectivity index (χ4v) is 4.50. The summed E-state index contributed by atoms with van der Waals surface area (Å²) in [6.45, 7) is 0.344. The first-order valence-corrected chi connectivity index (χ1v) is 11.5. The van der Waals surface area contributed by atoms with Gasteiger partial charge in [0.2, 0.25) is 0 Å². The fourth-order valence-electron chi connectivity index (χ4n) is 3.17.